The molecule has 0 radical (unpaired) electrons. The molecule has 1 aromatic heterocycles. The van der Waals surface area contributed by atoms with Gasteiger partial charge in [0.2, 0.25) is 0 Å². The Morgan fingerprint density at radius 3 is 3.14 bits per heavy atom. The topological polar surface area (TPSA) is 48.1 Å². The highest BCUT2D eigenvalue weighted by Gasteiger charge is 2.16. The smallest absolute Gasteiger partial charge is 0.0535 e. The van der Waals surface area contributed by atoms with Crippen LogP contribution in [0.5, 0.6) is 0 Å². The van der Waals surface area contributed by atoms with Gasteiger partial charge in [0.15, 0.2) is 0 Å². The molecule has 0 spiro atoms. The Hall–Kier alpha value is -0.930. The quantitative estimate of drug-likeness (QED) is 0.771. The van der Waals surface area contributed by atoms with Crippen molar-refractivity contribution in [1.82, 2.24) is 4.98 Å². The summed E-state index contributed by atoms with van der Waals surface area (Å²) in [5, 5.41) is 0. The summed E-state index contributed by atoms with van der Waals surface area (Å²) >= 11 is 0. The third-order valence-electron chi connectivity index (χ3n) is 2.68. The highest BCUT2D eigenvalue weighted by molar-refractivity contribution is 5.22. The minimum atomic E-state index is 0.516. The lowest BCUT2D eigenvalue weighted by Gasteiger charge is -2.22. The molecule has 3 nitrogen and oxygen atoms in total. The minimum absolute atomic E-state index is 0.516. The van der Waals surface area contributed by atoms with Gasteiger partial charge in [-0.25, -0.2) is 0 Å². The Kier molecular flexibility index (Phi) is 3.11. The van der Waals surface area contributed by atoms with Crippen molar-refractivity contribution in [3.8, 4) is 0 Å². The molecule has 0 amide bonds. The van der Waals surface area contributed by atoms with Crippen LogP contribution in [0.1, 0.15) is 29.9 Å². The lowest BCUT2D eigenvalue weighted by Crippen LogP contribution is -2.16. The fourth-order valence-corrected chi connectivity index (χ4v) is 1.85. The van der Waals surface area contributed by atoms with Crippen LogP contribution in [0.2, 0.25) is 0 Å². The first-order valence-corrected chi connectivity index (χ1v) is 5.12. The Bertz CT molecular complexity index is 295. The fourth-order valence-electron chi connectivity index (χ4n) is 1.85. The zero-order valence-electron chi connectivity index (χ0n) is 8.28. The highest BCUT2D eigenvalue weighted by Crippen LogP contribution is 2.24. The molecular weight excluding hydrogens is 176 g/mol. The largest absolute Gasteiger partial charge is 0.381 e. The van der Waals surface area contributed by atoms with Crippen molar-refractivity contribution in [2.24, 2.45) is 5.73 Å². The molecule has 0 saturated carbocycles. The summed E-state index contributed by atoms with van der Waals surface area (Å²) in [5.41, 5.74) is 7.95. The van der Waals surface area contributed by atoms with Crippen molar-refractivity contribution in [1.29, 1.82) is 0 Å². The van der Waals surface area contributed by atoms with E-state index >= 15 is 0 Å². The van der Waals surface area contributed by atoms with E-state index in [4.69, 9.17) is 10.5 Å². The lowest BCUT2D eigenvalue weighted by molar-refractivity contribution is 0.0803. The normalized spacial score (nSPS) is 22.2. The third-order valence-corrected chi connectivity index (χ3v) is 2.68. The Morgan fingerprint density at radius 1 is 1.50 bits per heavy atom. The average molecular weight is 192 g/mol. The molecule has 0 aromatic carbocycles. The summed E-state index contributed by atoms with van der Waals surface area (Å²) in [6.45, 7) is 2.30. The summed E-state index contributed by atoms with van der Waals surface area (Å²) in [6, 6.07) is 2.15. The van der Waals surface area contributed by atoms with Gasteiger partial charge in [-0.05, 0) is 24.0 Å². The van der Waals surface area contributed by atoms with E-state index in [1.807, 2.05) is 12.4 Å². The van der Waals surface area contributed by atoms with Crippen molar-refractivity contribution in [2.45, 2.75) is 25.3 Å². The van der Waals surface area contributed by atoms with E-state index in [0.717, 1.165) is 25.2 Å². The van der Waals surface area contributed by atoms with Crippen LogP contribution in [0.4, 0.5) is 0 Å². The second-order valence-corrected chi connectivity index (χ2v) is 3.74. The van der Waals surface area contributed by atoms with Crippen LogP contribution in [0.3, 0.4) is 0 Å². The average Bonchev–Trinajstić information content (AvgIpc) is 2.30. The summed E-state index contributed by atoms with van der Waals surface area (Å²) in [5.74, 6) is 0.516. The van der Waals surface area contributed by atoms with Gasteiger partial charge < -0.3 is 10.5 Å². The number of pyridine rings is 1. The van der Waals surface area contributed by atoms with Gasteiger partial charge in [0.25, 0.3) is 0 Å². The zero-order valence-corrected chi connectivity index (χ0v) is 8.28. The maximum atomic E-state index is 5.58. The van der Waals surface area contributed by atoms with Crippen molar-refractivity contribution in [2.75, 3.05) is 13.2 Å². The van der Waals surface area contributed by atoms with Crippen molar-refractivity contribution in [3.05, 3.63) is 29.6 Å². The molecule has 76 valence electrons. The van der Waals surface area contributed by atoms with Crippen LogP contribution in [-0.4, -0.2) is 18.2 Å². The summed E-state index contributed by atoms with van der Waals surface area (Å²) < 4.78 is 5.45. The van der Waals surface area contributed by atoms with Crippen LogP contribution in [0.15, 0.2) is 18.5 Å². The SMILES string of the molecule is NCc1cncc(C2CCCOC2)c1. The van der Waals surface area contributed by atoms with Crippen molar-refractivity contribution >= 4 is 0 Å². The van der Waals surface area contributed by atoms with E-state index in [-0.39, 0.29) is 0 Å². The van der Waals surface area contributed by atoms with E-state index in [2.05, 4.69) is 11.1 Å². The molecule has 1 unspecified atom stereocenters. The van der Waals surface area contributed by atoms with Gasteiger partial charge >= 0.3 is 0 Å². The number of aromatic nitrogens is 1. The molecule has 0 aliphatic carbocycles. The first-order chi connectivity index (χ1) is 6.90. The molecular formula is C11H16N2O. The molecule has 1 aliphatic rings. The number of rotatable bonds is 2. The van der Waals surface area contributed by atoms with Gasteiger partial charge in [-0.3, -0.25) is 4.98 Å². The lowest BCUT2D eigenvalue weighted by atomic mass is 9.94. The second-order valence-electron chi connectivity index (χ2n) is 3.74. The molecule has 3 heteroatoms. The van der Waals surface area contributed by atoms with Gasteiger partial charge in [0.05, 0.1) is 6.61 Å². The number of hydrogen-bond acceptors (Lipinski definition) is 3. The predicted molar refractivity (Wildman–Crippen MR) is 54.9 cm³/mol. The molecule has 2 N–H and O–H groups in total. The van der Waals surface area contributed by atoms with E-state index in [0.29, 0.717) is 12.5 Å². The van der Waals surface area contributed by atoms with Gasteiger partial charge in [0.1, 0.15) is 0 Å². The van der Waals surface area contributed by atoms with Crippen LogP contribution in [0.25, 0.3) is 0 Å². The molecule has 1 fully saturated rings. The van der Waals surface area contributed by atoms with Crippen LogP contribution < -0.4 is 5.73 Å². The van der Waals surface area contributed by atoms with Gasteiger partial charge in [-0.1, -0.05) is 6.07 Å². The molecule has 0 bridgehead atoms. The van der Waals surface area contributed by atoms with E-state index in [9.17, 15) is 0 Å². The summed E-state index contributed by atoms with van der Waals surface area (Å²) in [6.07, 6.45) is 6.11. The number of hydrogen-bond donors (Lipinski definition) is 1. The van der Waals surface area contributed by atoms with Crippen LogP contribution >= 0.6 is 0 Å². The highest BCUT2D eigenvalue weighted by atomic mass is 16.5. The molecule has 14 heavy (non-hydrogen) atoms. The van der Waals surface area contributed by atoms with Crippen LogP contribution in [-0.2, 0) is 11.3 Å². The van der Waals surface area contributed by atoms with Crippen molar-refractivity contribution < 1.29 is 4.74 Å². The number of nitrogens with two attached hydrogens (primary N) is 1. The number of ether oxygens (including phenoxy) is 1. The van der Waals surface area contributed by atoms with Gasteiger partial charge in [0, 0.05) is 31.5 Å². The maximum Gasteiger partial charge on any atom is 0.0535 e. The third kappa shape index (κ3) is 2.11. The molecule has 2 heterocycles. The zero-order chi connectivity index (χ0) is 9.80. The standard InChI is InChI=1S/C11H16N2O/c12-5-9-4-11(7-13-6-9)10-2-1-3-14-8-10/h4,6-7,10H,1-3,5,8,12H2. The van der Waals surface area contributed by atoms with Crippen LogP contribution in [0, 0.1) is 0 Å². The molecule has 2 rings (SSSR count). The van der Waals surface area contributed by atoms with E-state index in [1.54, 1.807) is 0 Å². The maximum absolute atomic E-state index is 5.58. The summed E-state index contributed by atoms with van der Waals surface area (Å²) in [4.78, 5) is 4.20. The fraction of sp³-hybridized carbons (Fsp3) is 0.545. The first-order valence-electron chi connectivity index (χ1n) is 5.12. The minimum Gasteiger partial charge on any atom is -0.381 e. The molecule has 1 aromatic rings. The molecule has 1 saturated heterocycles. The monoisotopic (exact) mass is 192 g/mol. The van der Waals surface area contributed by atoms with Gasteiger partial charge in [-0.15, -0.1) is 0 Å². The molecule has 1 atom stereocenters. The van der Waals surface area contributed by atoms with E-state index < -0.39 is 0 Å². The Labute approximate surface area is 84.3 Å². The first kappa shape index (κ1) is 9.62. The second kappa shape index (κ2) is 4.53. The van der Waals surface area contributed by atoms with Crippen molar-refractivity contribution in [3.63, 3.8) is 0 Å². The van der Waals surface area contributed by atoms with Gasteiger partial charge in [-0.2, -0.15) is 0 Å². The summed E-state index contributed by atoms with van der Waals surface area (Å²) in [7, 11) is 0. The Morgan fingerprint density at radius 2 is 2.43 bits per heavy atom. The Balaban J connectivity index is 2.13. The van der Waals surface area contributed by atoms with E-state index in [1.165, 1.54) is 12.0 Å². The predicted octanol–water partition coefficient (Wildman–Crippen LogP) is 1.43. The number of nitrogens with zero attached hydrogens (tertiary/aromatic N) is 1. The molecule has 1 aliphatic heterocycles.